The lowest BCUT2D eigenvalue weighted by molar-refractivity contribution is 0.623. The maximum absolute atomic E-state index is 6.46. The van der Waals surface area contributed by atoms with Crippen LogP contribution in [-0.2, 0) is 0 Å². The molecule has 0 spiro atoms. The third-order valence-electron chi connectivity index (χ3n) is 8.55. The molecule has 47 heavy (non-hydrogen) atoms. The van der Waals surface area contributed by atoms with Gasteiger partial charge in [-0.1, -0.05) is 133 Å². The minimum atomic E-state index is 0.608. The summed E-state index contributed by atoms with van der Waals surface area (Å²) in [6.07, 6.45) is 0. The van der Waals surface area contributed by atoms with Gasteiger partial charge in [-0.3, -0.25) is 0 Å². The molecule has 0 atom stereocenters. The predicted molar refractivity (Wildman–Crippen MR) is 190 cm³/mol. The molecule has 2 heterocycles. The summed E-state index contributed by atoms with van der Waals surface area (Å²) in [7, 11) is 0. The van der Waals surface area contributed by atoms with E-state index in [-0.39, 0.29) is 0 Å². The molecule has 0 aliphatic heterocycles. The van der Waals surface area contributed by atoms with E-state index in [1.807, 2.05) is 78.9 Å². The van der Waals surface area contributed by atoms with E-state index in [1.165, 1.54) is 0 Å². The first kappa shape index (κ1) is 26.9. The van der Waals surface area contributed by atoms with Gasteiger partial charge in [0.15, 0.2) is 23.1 Å². The minimum Gasteiger partial charge on any atom is -0.435 e. The summed E-state index contributed by atoms with van der Waals surface area (Å²) in [5.74, 6) is 2.49. The Morgan fingerprint density at radius 2 is 0.979 bits per heavy atom. The Bertz CT molecular complexity index is 2570. The van der Waals surface area contributed by atoms with Gasteiger partial charge in [-0.25, -0.2) is 19.9 Å². The number of benzene rings is 7. The molecule has 7 aromatic carbocycles. The SMILES string of the molecule is c1ccc(-c2nc(-c3cccc(-c4cccc5ccc6nc(-c7ccccc7)oc6c45)c3)nc(-c3cccc4ccccc34)n2)cc1. The fourth-order valence-corrected chi connectivity index (χ4v) is 6.29. The van der Waals surface area contributed by atoms with Gasteiger partial charge < -0.3 is 4.42 Å². The van der Waals surface area contributed by atoms with Crippen LogP contribution in [0.2, 0.25) is 0 Å². The minimum absolute atomic E-state index is 0.608. The van der Waals surface area contributed by atoms with Crippen molar-refractivity contribution in [2.24, 2.45) is 0 Å². The lowest BCUT2D eigenvalue weighted by Crippen LogP contribution is -2.00. The van der Waals surface area contributed by atoms with Crippen molar-refractivity contribution in [2.45, 2.75) is 0 Å². The normalized spacial score (nSPS) is 11.4. The van der Waals surface area contributed by atoms with E-state index >= 15 is 0 Å². The molecule has 0 aliphatic rings. The highest BCUT2D eigenvalue weighted by molar-refractivity contribution is 6.11. The van der Waals surface area contributed by atoms with Crippen molar-refractivity contribution in [1.29, 1.82) is 0 Å². The van der Waals surface area contributed by atoms with Gasteiger partial charge in [0.2, 0.25) is 5.89 Å². The van der Waals surface area contributed by atoms with Gasteiger partial charge in [-0.05, 0) is 51.6 Å². The maximum atomic E-state index is 6.46. The van der Waals surface area contributed by atoms with Crippen molar-refractivity contribution in [3.05, 3.63) is 158 Å². The topological polar surface area (TPSA) is 64.7 Å². The molecule has 2 aromatic heterocycles. The summed E-state index contributed by atoms with van der Waals surface area (Å²) in [6.45, 7) is 0. The molecule has 0 radical (unpaired) electrons. The van der Waals surface area contributed by atoms with Crippen LogP contribution in [0, 0.1) is 0 Å². The van der Waals surface area contributed by atoms with Crippen molar-refractivity contribution in [2.75, 3.05) is 0 Å². The van der Waals surface area contributed by atoms with E-state index in [1.54, 1.807) is 0 Å². The maximum Gasteiger partial charge on any atom is 0.227 e. The van der Waals surface area contributed by atoms with Gasteiger partial charge in [0, 0.05) is 27.6 Å². The number of rotatable bonds is 5. The molecule has 0 saturated carbocycles. The van der Waals surface area contributed by atoms with Crippen LogP contribution >= 0.6 is 0 Å². The number of fused-ring (bicyclic) bond motifs is 4. The Morgan fingerprint density at radius 3 is 1.81 bits per heavy atom. The molecule has 220 valence electrons. The van der Waals surface area contributed by atoms with Crippen molar-refractivity contribution < 1.29 is 4.42 Å². The van der Waals surface area contributed by atoms with Crippen LogP contribution in [0.1, 0.15) is 0 Å². The fraction of sp³-hybridized carbons (Fsp3) is 0. The van der Waals surface area contributed by atoms with E-state index < -0.39 is 0 Å². The first-order valence-corrected chi connectivity index (χ1v) is 15.6. The van der Waals surface area contributed by atoms with Crippen LogP contribution < -0.4 is 0 Å². The number of hydrogen-bond donors (Lipinski definition) is 0. The number of hydrogen-bond acceptors (Lipinski definition) is 5. The molecule has 0 saturated heterocycles. The van der Waals surface area contributed by atoms with Crippen LogP contribution in [-0.4, -0.2) is 19.9 Å². The molecule has 5 heteroatoms. The van der Waals surface area contributed by atoms with Crippen molar-refractivity contribution >= 4 is 32.6 Å². The van der Waals surface area contributed by atoms with E-state index in [0.29, 0.717) is 23.4 Å². The number of aromatic nitrogens is 4. The van der Waals surface area contributed by atoms with Crippen LogP contribution in [0.3, 0.4) is 0 Å². The Kier molecular flexibility index (Phi) is 6.39. The van der Waals surface area contributed by atoms with Gasteiger partial charge in [-0.15, -0.1) is 0 Å². The molecule has 0 N–H and O–H groups in total. The molecule has 0 bridgehead atoms. The molecule has 5 nitrogen and oxygen atoms in total. The second kappa shape index (κ2) is 11.2. The van der Waals surface area contributed by atoms with E-state index in [9.17, 15) is 0 Å². The average molecular weight is 603 g/mol. The van der Waals surface area contributed by atoms with Gasteiger partial charge in [0.05, 0.1) is 0 Å². The summed E-state index contributed by atoms with van der Waals surface area (Å²) in [5.41, 5.74) is 7.43. The van der Waals surface area contributed by atoms with Gasteiger partial charge in [-0.2, -0.15) is 0 Å². The monoisotopic (exact) mass is 602 g/mol. The van der Waals surface area contributed by atoms with Crippen LogP contribution in [0.5, 0.6) is 0 Å². The van der Waals surface area contributed by atoms with Gasteiger partial charge in [0.25, 0.3) is 0 Å². The Balaban J connectivity index is 1.22. The third-order valence-corrected chi connectivity index (χ3v) is 8.55. The third kappa shape index (κ3) is 4.82. The zero-order valence-corrected chi connectivity index (χ0v) is 25.2. The molecule has 0 aliphatic carbocycles. The highest BCUT2D eigenvalue weighted by Crippen LogP contribution is 2.38. The summed E-state index contributed by atoms with van der Waals surface area (Å²) in [5, 5.41) is 4.34. The highest BCUT2D eigenvalue weighted by atomic mass is 16.3. The molecular formula is C42H26N4O. The average Bonchev–Trinajstić information content (AvgIpc) is 3.60. The molecule has 0 amide bonds. The second-order valence-electron chi connectivity index (χ2n) is 11.5. The predicted octanol–water partition coefficient (Wildman–Crippen LogP) is 10.7. The quantitative estimate of drug-likeness (QED) is 0.196. The molecule has 0 unspecified atom stereocenters. The van der Waals surface area contributed by atoms with E-state index in [2.05, 4.69) is 78.9 Å². The van der Waals surface area contributed by atoms with Crippen molar-refractivity contribution in [1.82, 2.24) is 19.9 Å². The fourth-order valence-electron chi connectivity index (χ4n) is 6.29. The Morgan fingerprint density at radius 1 is 0.383 bits per heavy atom. The largest absolute Gasteiger partial charge is 0.435 e. The van der Waals surface area contributed by atoms with Crippen molar-refractivity contribution in [3.63, 3.8) is 0 Å². The lowest BCUT2D eigenvalue weighted by Gasteiger charge is -2.12. The second-order valence-corrected chi connectivity index (χ2v) is 11.5. The van der Waals surface area contributed by atoms with Crippen molar-refractivity contribution in [3.8, 4) is 56.7 Å². The molecule has 9 rings (SSSR count). The van der Waals surface area contributed by atoms with Gasteiger partial charge >= 0.3 is 0 Å². The lowest BCUT2D eigenvalue weighted by atomic mass is 9.96. The summed E-state index contributed by atoms with van der Waals surface area (Å²) in [4.78, 5) is 19.9. The zero-order valence-electron chi connectivity index (χ0n) is 25.2. The van der Waals surface area contributed by atoms with Crippen LogP contribution in [0.4, 0.5) is 0 Å². The number of nitrogens with zero attached hydrogens (tertiary/aromatic N) is 4. The molecule has 0 fully saturated rings. The molecular weight excluding hydrogens is 576 g/mol. The van der Waals surface area contributed by atoms with Gasteiger partial charge in [0.1, 0.15) is 5.52 Å². The Hall–Kier alpha value is -6.46. The first-order chi connectivity index (χ1) is 23.3. The highest BCUT2D eigenvalue weighted by Gasteiger charge is 2.17. The van der Waals surface area contributed by atoms with Crippen LogP contribution in [0.15, 0.2) is 162 Å². The zero-order chi connectivity index (χ0) is 31.2. The number of oxazole rings is 1. The standard InChI is InChI=1S/C42H26N4O/c1-3-13-29(14-4-1)39-44-40(46-41(45-39)35-23-10-17-27-12-7-8-21-33(27)35)32-20-9-19-31(26-32)34-22-11-18-28-24-25-36-38(37(28)34)47-42(43-36)30-15-5-2-6-16-30/h1-26H. The summed E-state index contributed by atoms with van der Waals surface area (Å²) in [6, 6.07) is 53.5. The first-order valence-electron chi connectivity index (χ1n) is 15.6. The van der Waals surface area contributed by atoms with E-state index in [4.69, 9.17) is 24.4 Å². The molecule has 9 aromatic rings. The van der Waals surface area contributed by atoms with E-state index in [0.717, 1.165) is 66.0 Å². The Labute approximate surface area is 270 Å². The summed E-state index contributed by atoms with van der Waals surface area (Å²) < 4.78 is 6.46. The summed E-state index contributed by atoms with van der Waals surface area (Å²) >= 11 is 0. The van der Waals surface area contributed by atoms with Crippen LogP contribution in [0.25, 0.3) is 89.4 Å². The smallest absolute Gasteiger partial charge is 0.227 e.